The number of carbonyl (C=O) groups is 1. The molecule has 5 nitrogen and oxygen atoms in total. The molecule has 17 heavy (non-hydrogen) atoms. The van der Waals surface area contributed by atoms with Crippen molar-refractivity contribution in [1.29, 1.82) is 0 Å². The Morgan fingerprint density at radius 3 is 3.18 bits per heavy atom. The minimum absolute atomic E-state index is 0.0174. The lowest BCUT2D eigenvalue weighted by molar-refractivity contribution is 0.0753. The molecule has 2 unspecified atom stereocenters. The molecule has 0 bridgehead atoms. The van der Waals surface area contributed by atoms with E-state index in [0.29, 0.717) is 23.4 Å². The van der Waals surface area contributed by atoms with Gasteiger partial charge in [0.2, 0.25) is 5.76 Å². The standard InChI is InChI=1S/C12H17N3O2/c1-8-11(17-7-14-8)12(16)15-5-9-3-2-4-13-10(9)6-15/h7,9-10,13H,2-6H2,1H3. The number of nitrogens with one attached hydrogen (secondary N) is 1. The number of aromatic nitrogens is 1. The third kappa shape index (κ3) is 1.84. The zero-order chi connectivity index (χ0) is 11.8. The number of aryl methyl sites for hydroxylation is 1. The van der Waals surface area contributed by atoms with Crippen molar-refractivity contribution in [3.8, 4) is 0 Å². The molecule has 3 heterocycles. The highest BCUT2D eigenvalue weighted by atomic mass is 16.3. The van der Waals surface area contributed by atoms with Crippen molar-refractivity contribution < 1.29 is 9.21 Å². The highest BCUT2D eigenvalue weighted by Gasteiger charge is 2.37. The van der Waals surface area contributed by atoms with Crippen LogP contribution in [0.25, 0.3) is 0 Å². The molecular formula is C12H17N3O2. The van der Waals surface area contributed by atoms with E-state index in [4.69, 9.17) is 4.42 Å². The molecule has 5 heteroatoms. The van der Waals surface area contributed by atoms with Crippen molar-refractivity contribution in [3.63, 3.8) is 0 Å². The van der Waals surface area contributed by atoms with E-state index >= 15 is 0 Å². The molecule has 2 aliphatic heterocycles. The van der Waals surface area contributed by atoms with Crippen LogP contribution in [0.3, 0.4) is 0 Å². The lowest BCUT2D eigenvalue weighted by atomic mass is 9.94. The maximum atomic E-state index is 12.2. The van der Waals surface area contributed by atoms with E-state index in [1.807, 2.05) is 4.90 Å². The summed E-state index contributed by atoms with van der Waals surface area (Å²) in [6.45, 7) is 4.52. The van der Waals surface area contributed by atoms with E-state index in [2.05, 4.69) is 10.3 Å². The first kappa shape index (κ1) is 10.8. The van der Waals surface area contributed by atoms with Crippen molar-refractivity contribution in [2.24, 2.45) is 5.92 Å². The van der Waals surface area contributed by atoms with Crippen LogP contribution >= 0.6 is 0 Å². The molecule has 0 aliphatic carbocycles. The van der Waals surface area contributed by atoms with Gasteiger partial charge in [0.1, 0.15) is 0 Å². The Labute approximate surface area is 100 Å². The molecule has 1 amide bonds. The molecule has 0 aromatic carbocycles. The van der Waals surface area contributed by atoms with E-state index in [0.717, 1.165) is 19.6 Å². The summed E-state index contributed by atoms with van der Waals surface area (Å²) in [7, 11) is 0. The molecule has 1 N–H and O–H groups in total. The predicted molar refractivity (Wildman–Crippen MR) is 61.7 cm³/mol. The summed E-state index contributed by atoms with van der Waals surface area (Å²) < 4.78 is 5.17. The molecule has 2 fully saturated rings. The molecule has 92 valence electrons. The van der Waals surface area contributed by atoms with Crippen molar-refractivity contribution in [2.75, 3.05) is 19.6 Å². The third-order valence-corrected chi connectivity index (χ3v) is 3.83. The smallest absolute Gasteiger partial charge is 0.291 e. The Morgan fingerprint density at radius 1 is 1.59 bits per heavy atom. The first-order valence-corrected chi connectivity index (χ1v) is 6.18. The lowest BCUT2D eigenvalue weighted by Crippen LogP contribution is -2.41. The van der Waals surface area contributed by atoms with E-state index in [-0.39, 0.29) is 5.91 Å². The number of piperidine rings is 1. The summed E-state index contributed by atoms with van der Waals surface area (Å²) in [5, 5.41) is 3.49. The molecule has 3 rings (SSSR count). The SMILES string of the molecule is Cc1ncoc1C(=O)N1CC2CCCNC2C1. The molecule has 0 radical (unpaired) electrons. The second-order valence-electron chi connectivity index (χ2n) is 4.94. The topological polar surface area (TPSA) is 58.4 Å². The fraction of sp³-hybridized carbons (Fsp3) is 0.667. The van der Waals surface area contributed by atoms with Gasteiger partial charge in [-0.25, -0.2) is 4.98 Å². The normalized spacial score (nSPS) is 28.2. The van der Waals surface area contributed by atoms with Crippen LogP contribution in [0.15, 0.2) is 10.8 Å². The average molecular weight is 235 g/mol. The van der Waals surface area contributed by atoms with Gasteiger partial charge in [-0.05, 0) is 32.2 Å². The summed E-state index contributed by atoms with van der Waals surface area (Å²) in [5.74, 6) is 0.982. The number of oxazole rings is 1. The first-order chi connectivity index (χ1) is 8.25. The molecule has 2 saturated heterocycles. The van der Waals surface area contributed by atoms with Crippen molar-refractivity contribution in [1.82, 2.24) is 15.2 Å². The second-order valence-corrected chi connectivity index (χ2v) is 4.94. The molecule has 0 saturated carbocycles. The third-order valence-electron chi connectivity index (χ3n) is 3.83. The quantitative estimate of drug-likeness (QED) is 0.782. The summed E-state index contributed by atoms with van der Waals surface area (Å²) in [6, 6.07) is 0.468. The van der Waals surface area contributed by atoms with Crippen molar-refractivity contribution >= 4 is 5.91 Å². The Bertz CT molecular complexity index is 415. The van der Waals surface area contributed by atoms with Crippen LogP contribution in [0.4, 0.5) is 0 Å². The molecule has 2 atom stereocenters. The molecule has 0 spiro atoms. The number of nitrogens with zero attached hydrogens (tertiary/aromatic N) is 2. The number of amides is 1. The minimum Gasteiger partial charge on any atom is -0.438 e. The zero-order valence-electron chi connectivity index (χ0n) is 9.98. The number of fused-ring (bicyclic) bond motifs is 1. The fourth-order valence-corrected chi connectivity index (χ4v) is 2.86. The van der Waals surface area contributed by atoms with Gasteiger partial charge in [-0.3, -0.25) is 4.79 Å². The van der Waals surface area contributed by atoms with E-state index < -0.39 is 0 Å². The number of likely N-dealkylation sites (tertiary alicyclic amines) is 1. The van der Waals surface area contributed by atoms with Gasteiger partial charge in [0.15, 0.2) is 6.39 Å². The van der Waals surface area contributed by atoms with Crippen LogP contribution in [0, 0.1) is 12.8 Å². The Morgan fingerprint density at radius 2 is 2.47 bits per heavy atom. The Hall–Kier alpha value is -1.36. The van der Waals surface area contributed by atoms with Gasteiger partial charge in [-0.2, -0.15) is 0 Å². The predicted octanol–water partition coefficient (Wildman–Crippen LogP) is 0.807. The Kier molecular flexibility index (Phi) is 2.63. The van der Waals surface area contributed by atoms with Crippen molar-refractivity contribution in [3.05, 3.63) is 17.8 Å². The van der Waals surface area contributed by atoms with Gasteiger partial charge >= 0.3 is 0 Å². The average Bonchev–Trinajstić information content (AvgIpc) is 2.93. The van der Waals surface area contributed by atoms with E-state index in [9.17, 15) is 4.79 Å². The van der Waals surface area contributed by atoms with Gasteiger partial charge in [0.25, 0.3) is 5.91 Å². The minimum atomic E-state index is -0.0174. The number of hydrogen-bond donors (Lipinski definition) is 1. The number of hydrogen-bond acceptors (Lipinski definition) is 4. The maximum absolute atomic E-state index is 12.2. The molecular weight excluding hydrogens is 218 g/mol. The summed E-state index contributed by atoms with van der Waals surface area (Å²) in [5.41, 5.74) is 0.679. The van der Waals surface area contributed by atoms with Crippen LogP contribution in [0.5, 0.6) is 0 Å². The second kappa shape index (κ2) is 4.14. The molecule has 2 aliphatic rings. The summed E-state index contributed by atoms with van der Waals surface area (Å²) in [4.78, 5) is 18.1. The van der Waals surface area contributed by atoms with Gasteiger partial charge in [0.05, 0.1) is 5.69 Å². The van der Waals surface area contributed by atoms with Gasteiger partial charge < -0.3 is 14.6 Å². The van der Waals surface area contributed by atoms with Crippen LogP contribution in [0.2, 0.25) is 0 Å². The molecule has 1 aromatic heterocycles. The number of carbonyl (C=O) groups excluding carboxylic acids is 1. The van der Waals surface area contributed by atoms with Gasteiger partial charge in [-0.15, -0.1) is 0 Å². The van der Waals surface area contributed by atoms with E-state index in [1.165, 1.54) is 19.2 Å². The highest BCUT2D eigenvalue weighted by Crippen LogP contribution is 2.26. The van der Waals surface area contributed by atoms with Gasteiger partial charge in [-0.1, -0.05) is 0 Å². The Balaban J connectivity index is 1.74. The number of rotatable bonds is 1. The van der Waals surface area contributed by atoms with Crippen LogP contribution < -0.4 is 5.32 Å². The highest BCUT2D eigenvalue weighted by molar-refractivity contribution is 5.92. The van der Waals surface area contributed by atoms with Crippen LogP contribution in [-0.4, -0.2) is 41.5 Å². The summed E-state index contributed by atoms with van der Waals surface area (Å²) in [6.07, 6.45) is 3.77. The molecule has 1 aromatic rings. The van der Waals surface area contributed by atoms with Gasteiger partial charge in [0, 0.05) is 19.1 Å². The maximum Gasteiger partial charge on any atom is 0.291 e. The fourth-order valence-electron chi connectivity index (χ4n) is 2.86. The van der Waals surface area contributed by atoms with Crippen molar-refractivity contribution in [2.45, 2.75) is 25.8 Å². The monoisotopic (exact) mass is 235 g/mol. The van der Waals surface area contributed by atoms with Crippen LogP contribution in [-0.2, 0) is 0 Å². The first-order valence-electron chi connectivity index (χ1n) is 6.18. The zero-order valence-corrected chi connectivity index (χ0v) is 9.98. The summed E-state index contributed by atoms with van der Waals surface area (Å²) >= 11 is 0. The van der Waals surface area contributed by atoms with Crippen LogP contribution in [0.1, 0.15) is 29.1 Å². The largest absolute Gasteiger partial charge is 0.438 e. The van der Waals surface area contributed by atoms with E-state index in [1.54, 1.807) is 6.92 Å². The lowest BCUT2D eigenvalue weighted by Gasteiger charge is -2.24.